The van der Waals surface area contributed by atoms with E-state index in [-0.39, 0.29) is 18.8 Å². The van der Waals surface area contributed by atoms with Crippen LogP contribution < -0.4 is 0 Å². The predicted molar refractivity (Wildman–Crippen MR) is 92.4 cm³/mol. The number of carbonyl (C=O) groups is 1. The molecule has 0 saturated heterocycles. The van der Waals surface area contributed by atoms with Crippen LogP contribution in [-0.2, 0) is 6.54 Å². The molecule has 0 fully saturated rings. The van der Waals surface area contributed by atoms with E-state index < -0.39 is 12.2 Å². The van der Waals surface area contributed by atoms with Crippen molar-refractivity contribution in [3.05, 3.63) is 60.6 Å². The number of aliphatic hydroxyl groups excluding tert-OH is 1. The van der Waals surface area contributed by atoms with Crippen molar-refractivity contribution in [2.75, 3.05) is 13.1 Å². The third-order valence-electron chi connectivity index (χ3n) is 4.13. The minimum atomic E-state index is -1.10. The van der Waals surface area contributed by atoms with E-state index in [0.29, 0.717) is 12.1 Å². The summed E-state index contributed by atoms with van der Waals surface area (Å²) in [7, 11) is 0. The van der Waals surface area contributed by atoms with Crippen molar-refractivity contribution >= 4 is 17.0 Å². The lowest BCUT2D eigenvalue weighted by atomic mass is 10.1. The molecule has 130 valence electrons. The average Bonchev–Trinajstić information content (AvgIpc) is 3.03. The molecule has 0 spiro atoms. The van der Waals surface area contributed by atoms with E-state index in [1.54, 1.807) is 36.5 Å². The maximum Gasteiger partial charge on any atom is 0.407 e. The molecule has 2 heterocycles. The van der Waals surface area contributed by atoms with Gasteiger partial charge in [0.2, 0.25) is 0 Å². The van der Waals surface area contributed by atoms with Gasteiger partial charge >= 0.3 is 6.09 Å². The Morgan fingerprint density at radius 3 is 2.80 bits per heavy atom. The number of hydrogen-bond acceptors (Lipinski definition) is 4. The van der Waals surface area contributed by atoms with Gasteiger partial charge in [0.15, 0.2) is 0 Å². The average molecular weight is 341 g/mol. The summed E-state index contributed by atoms with van der Waals surface area (Å²) in [6, 6.07) is 10.4. The van der Waals surface area contributed by atoms with Gasteiger partial charge < -0.3 is 24.8 Å². The summed E-state index contributed by atoms with van der Waals surface area (Å²) in [5, 5.41) is 30.2. The molecule has 0 aliphatic carbocycles. The zero-order valence-corrected chi connectivity index (χ0v) is 13.5. The van der Waals surface area contributed by atoms with Crippen LogP contribution in [0.5, 0.6) is 5.75 Å². The molecule has 2 aromatic heterocycles. The van der Waals surface area contributed by atoms with E-state index in [4.69, 9.17) is 0 Å². The Bertz CT molecular complexity index is 863. The number of phenols is 1. The lowest BCUT2D eigenvalue weighted by Gasteiger charge is -2.23. The number of hydrogen-bond donors (Lipinski definition) is 3. The van der Waals surface area contributed by atoms with Crippen molar-refractivity contribution in [2.24, 2.45) is 0 Å². The Labute approximate surface area is 144 Å². The number of aliphatic hydroxyl groups is 1. The zero-order chi connectivity index (χ0) is 17.8. The molecule has 7 heteroatoms. The first-order valence-electron chi connectivity index (χ1n) is 7.89. The minimum absolute atomic E-state index is 0.0362. The van der Waals surface area contributed by atoms with Crippen LogP contribution in [0, 0.1) is 0 Å². The number of rotatable bonds is 6. The number of nitrogens with zero attached hydrogens (tertiary/aromatic N) is 3. The van der Waals surface area contributed by atoms with Crippen LogP contribution in [-0.4, -0.2) is 49.0 Å². The number of phenolic OH excluding ortho intramolecular Hbond substituents is 1. The second kappa shape index (κ2) is 7.23. The molecule has 3 N–H and O–H groups in total. The third kappa shape index (κ3) is 3.72. The molecule has 7 nitrogen and oxygen atoms in total. The molecule has 3 aromatic rings. The van der Waals surface area contributed by atoms with Crippen LogP contribution >= 0.6 is 0 Å². The van der Waals surface area contributed by atoms with Gasteiger partial charge in [0, 0.05) is 42.6 Å². The standard InChI is InChI=1S/C18H19N3O4/c22-16-5-1-4-15-14(16)6-8-20(15)9-10-21(18(24)25)12-17(23)13-3-2-7-19-11-13/h1-8,11,17,22-23H,9-10,12H2,(H,24,25)/t17-/m0/s1. The van der Waals surface area contributed by atoms with E-state index in [2.05, 4.69) is 4.98 Å². The predicted octanol–water partition coefficient (Wildman–Crippen LogP) is 2.46. The van der Waals surface area contributed by atoms with Gasteiger partial charge in [-0.1, -0.05) is 12.1 Å². The minimum Gasteiger partial charge on any atom is -0.507 e. The van der Waals surface area contributed by atoms with Gasteiger partial charge in [-0.2, -0.15) is 0 Å². The fourth-order valence-corrected chi connectivity index (χ4v) is 2.78. The lowest BCUT2D eigenvalue weighted by Crippen LogP contribution is -2.36. The molecule has 1 atom stereocenters. The van der Waals surface area contributed by atoms with Gasteiger partial charge in [-0.05, 0) is 24.3 Å². The first-order chi connectivity index (χ1) is 12.1. The number of aromatic nitrogens is 2. The normalized spacial score (nSPS) is 12.2. The SMILES string of the molecule is O=C(O)N(CCn1ccc2c(O)cccc21)C[C@H](O)c1cccnc1. The van der Waals surface area contributed by atoms with Gasteiger partial charge in [-0.25, -0.2) is 4.79 Å². The molecule has 0 aliphatic rings. The van der Waals surface area contributed by atoms with Crippen LogP contribution in [0.3, 0.4) is 0 Å². The van der Waals surface area contributed by atoms with Crippen molar-refractivity contribution in [1.29, 1.82) is 0 Å². The smallest absolute Gasteiger partial charge is 0.407 e. The highest BCUT2D eigenvalue weighted by atomic mass is 16.4. The Kier molecular flexibility index (Phi) is 4.85. The monoisotopic (exact) mass is 341 g/mol. The Hall–Kier alpha value is -3.06. The Morgan fingerprint density at radius 1 is 1.24 bits per heavy atom. The molecule has 0 radical (unpaired) electrons. The molecule has 1 amide bonds. The molecule has 0 saturated carbocycles. The number of amides is 1. The Balaban J connectivity index is 1.70. The molecule has 25 heavy (non-hydrogen) atoms. The van der Waals surface area contributed by atoms with E-state index in [1.807, 2.05) is 16.8 Å². The summed E-state index contributed by atoms with van der Waals surface area (Å²) >= 11 is 0. The molecule has 1 aromatic carbocycles. The zero-order valence-electron chi connectivity index (χ0n) is 13.5. The summed E-state index contributed by atoms with van der Waals surface area (Å²) in [6.07, 6.45) is 2.89. The van der Waals surface area contributed by atoms with Crippen molar-refractivity contribution < 1.29 is 20.1 Å². The first-order valence-corrected chi connectivity index (χ1v) is 7.89. The van der Waals surface area contributed by atoms with Gasteiger partial charge in [-0.3, -0.25) is 4.98 Å². The fraction of sp³-hybridized carbons (Fsp3) is 0.222. The molecule has 3 rings (SSSR count). The molecule has 0 bridgehead atoms. The van der Waals surface area contributed by atoms with Crippen molar-refractivity contribution in [2.45, 2.75) is 12.6 Å². The summed E-state index contributed by atoms with van der Waals surface area (Å²) in [4.78, 5) is 16.6. The highest BCUT2D eigenvalue weighted by Crippen LogP contribution is 2.25. The van der Waals surface area contributed by atoms with E-state index in [9.17, 15) is 20.1 Å². The summed E-state index contributed by atoms with van der Waals surface area (Å²) in [5.41, 5.74) is 1.41. The number of carboxylic acid groups (broad SMARTS) is 1. The second-order valence-electron chi connectivity index (χ2n) is 5.75. The van der Waals surface area contributed by atoms with Gasteiger partial charge in [0.1, 0.15) is 5.75 Å². The first kappa shape index (κ1) is 16.8. The Morgan fingerprint density at radius 2 is 2.08 bits per heavy atom. The van der Waals surface area contributed by atoms with Crippen LogP contribution in [0.2, 0.25) is 0 Å². The molecular formula is C18H19N3O4. The number of pyridine rings is 1. The van der Waals surface area contributed by atoms with Gasteiger partial charge in [0.25, 0.3) is 0 Å². The quantitative estimate of drug-likeness (QED) is 0.640. The second-order valence-corrected chi connectivity index (χ2v) is 5.75. The fourth-order valence-electron chi connectivity index (χ4n) is 2.78. The van der Waals surface area contributed by atoms with Crippen LogP contribution in [0.25, 0.3) is 10.9 Å². The summed E-state index contributed by atoms with van der Waals surface area (Å²) in [6.45, 7) is 0.594. The van der Waals surface area contributed by atoms with Crippen LogP contribution in [0.4, 0.5) is 4.79 Å². The van der Waals surface area contributed by atoms with Gasteiger partial charge in [-0.15, -0.1) is 0 Å². The molecular weight excluding hydrogens is 322 g/mol. The van der Waals surface area contributed by atoms with Crippen molar-refractivity contribution in [1.82, 2.24) is 14.5 Å². The highest BCUT2D eigenvalue weighted by molar-refractivity contribution is 5.86. The van der Waals surface area contributed by atoms with Crippen LogP contribution in [0.1, 0.15) is 11.7 Å². The lowest BCUT2D eigenvalue weighted by molar-refractivity contribution is 0.0951. The van der Waals surface area contributed by atoms with E-state index in [1.165, 1.54) is 11.1 Å². The molecule has 0 aliphatic heterocycles. The van der Waals surface area contributed by atoms with E-state index in [0.717, 1.165) is 10.9 Å². The topological polar surface area (TPSA) is 98.8 Å². The van der Waals surface area contributed by atoms with Crippen molar-refractivity contribution in [3.63, 3.8) is 0 Å². The summed E-state index contributed by atoms with van der Waals surface area (Å²) in [5.74, 6) is 0.193. The number of fused-ring (bicyclic) bond motifs is 1. The molecule has 0 unspecified atom stereocenters. The van der Waals surface area contributed by atoms with E-state index >= 15 is 0 Å². The van der Waals surface area contributed by atoms with Gasteiger partial charge in [0.05, 0.1) is 18.2 Å². The maximum atomic E-state index is 11.5. The van der Waals surface area contributed by atoms with Crippen LogP contribution in [0.15, 0.2) is 55.0 Å². The maximum absolute atomic E-state index is 11.5. The highest BCUT2D eigenvalue weighted by Gasteiger charge is 2.18. The number of benzene rings is 1. The van der Waals surface area contributed by atoms with Crippen molar-refractivity contribution in [3.8, 4) is 5.75 Å². The summed E-state index contributed by atoms with van der Waals surface area (Å²) < 4.78 is 1.88. The number of aromatic hydroxyl groups is 1. The largest absolute Gasteiger partial charge is 0.507 e. The third-order valence-corrected chi connectivity index (χ3v) is 4.13.